The third kappa shape index (κ3) is 3.75. The first-order valence-corrected chi connectivity index (χ1v) is 9.05. The van der Waals surface area contributed by atoms with Crippen LogP contribution in [-0.4, -0.2) is 45.4 Å². The smallest absolute Gasteiger partial charge is 0.223 e. The molecular formula is C20H27N3O3. The molecule has 6 nitrogen and oxygen atoms in total. The van der Waals surface area contributed by atoms with Gasteiger partial charge < -0.3 is 14.7 Å². The van der Waals surface area contributed by atoms with Crippen molar-refractivity contribution in [3.8, 4) is 5.75 Å². The summed E-state index contributed by atoms with van der Waals surface area (Å²) >= 11 is 0. The molecule has 0 aliphatic carbocycles. The number of likely N-dealkylation sites (tertiary alicyclic amines) is 1. The lowest BCUT2D eigenvalue weighted by Gasteiger charge is -2.37. The molecule has 0 radical (unpaired) electrons. The Bertz CT molecular complexity index is 752. The second-order valence-electron chi connectivity index (χ2n) is 7.14. The molecular weight excluding hydrogens is 330 g/mol. The Balaban J connectivity index is 1.70. The van der Waals surface area contributed by atoms with Crippen molar-refractivity contribution >= 4 is 5.91 Å². The van der Waals surface area contributed by atoms with E-state index >= 15 is 0 Å². The van der Waals surface area contributed by atoms with Crippen molar-refractivity contribution in [2.24, 2.45) is 7.05 Å². The summed E-state index contributed by atoms with van der Waals surface area (Å²) in [5.74, 6) is 0.838. The van der Waals surface area contributed by atoms with E-state index in [-0.39, 0.29) is 11.9 Å². The Labute approximate surface area is 154 Å². The zero-order valence-corrected chi connectivity index (χ0v) is 15.7. The van der Waals surface area contributed by atoms with E-state index in [0.29, 0.717) is 19.4 Å². The van der Waals surface area contributed by atoms with Crippen molar-refractivity contribution in [1.82, 2.24) is 14.7 Å². The second-order valence-corrected chi connectivity index (χ2v) is 7.14. The summed E-state index contributed by atoms with van der Waals surface area (Å²) < 4.78 is 6.93. The van der Waals surface area contributed by atoms with Crippen LogP contribution in [0.25, 0.3) is 0 Å². The number of aromatic nitrogens is 2. The van der Waals surface area contributed by atoms with Crippen LogP contribution in [0.2, 0.25) is 0 Å². The third-order valence-electron chi connectivity index (χ3n) is 5.28. The first-order chi connectivity index (χ1) is 12.4. The highest BCUT2D eigenvalue weighted by Gasteiger charge is 2.42. The molecule has 2 aromatic rings. The van der Waals surface area contributed by atoms with Crippen LogP contribution in [0.1, 0.15) is 37.3 Å². The maximum Gasteiger partial charge on any atom is 0.223 e. The Kier molecular flexibility index (Phi) is 5.32. The van der Waals surface area contributed by atoms with E-state index in [9.17, 15) is 9.90 Å². The number of nitrogens with zero attached hydrogens (tertiary/aromatic N) is 3. The van der Waals surface area contributed by atoms with Crippen molar-refractivity contribution in [3.05, 3.63) is 47.8 Å². The van der Waals surface area contributed by atoms with Gasteiger partial charge in [-0.2, -0.15) is 5.10 Å². The Morgan fingerprint density at radius 1 is 1.38 bits per heavy atom. The number of carbonyl (C=O) groups is 1. The van der Waals surface area contributed by atoms with Crippen LogP contribution in [0.3, 0.4) is 0 Å². The van der Waals surface area contributed by atoms with Crippen LogP contribution in [0.4, 0.5) is 0 Å². The number of hydrogen-bond acceptors (Lipinski definition) is 4. The number of ether oxygens (including phenoxy) is 1. The Hall–Kier alpha value is -2.34. The lowest BCUT2D eigenvalue weighted by molar-refractivity contribution is -0.137. The first kappa shape index (κ1) is 18.5. The number of rotatable bonds is 6. The number of benzene rings is 1. The predicted molar refractivity (Wildman–Crippen MR) is 98.8 cm³/mol. The van der Waals surface area contributed by atoms with Crippen LogP contribution in [0, 0.1) is 0 Å². The average molecular weight is 357 g/mol. The predicted octanol–water partition coefficient (Wildman–Crippen LogP) is 2.26. The summed E-state index contributed by atoms with van der Waals surface area (Å²) in [5.41, 5.74) is 0.765. The average Bonchev–Trinajstić information content (AvgIpc) is 3.29. The molecule has 1 aliphatic rings. The third-order valence-corrected chi connectivity index (χ3v) is 5.28. The van der Waals surface area contributed by atoms with E-state index in [1.807, 2.05) is 42.4 Å². The molecule has 140 valence electrons. The largest absolute Gasteiger partial charge is 0.497 e. The monoisotopic (exact) mass is 357 g/mol. The highest BCUT2D eigenvalue weighted by atomic mass is 16.5. The number of aliphatic hydroxyl groups is 1. The minimum absolute atomic E-state index is 0.0881. The highest BCUT2D eigenvalue weighted by Crippen LogP contribution is 2.35. The fraction of sp³-hybridized carbons (Fsp3) is 0.500. The molecule has 1 aliphatic heterocycles. The molecule has 0 unspecified atom stereocenters. The van der Waals surface area contributed by atoms with Gasteiger partial charge in [-0.15, -0.1) is 0 Å². The van der Waals surface area contributed by atoms with Gasteiger partial charge in [-0.3, -0.25) is 9.48 Å². The molecule has 1 N–H and O–H groups in total. The zero-order valence-electron chi connectivity index (χ0n) is 15.7. The minimum atomic E-state index is -1.09. The molecule has 0 spiro atoms. The van der Waals surface area contributed by atoms with Crippen molar-refractivity contribution < 1.29 is 14.6 Å². The molecule has 1 saturated heterocycles. The lowest BCUT2D eigenvalue weighted by Crippen LogP contribution is -2.48. The molecule has 3 rings (SSSR count). The highest BCUT2D eigenvalue weighted by molar-refractivity contribution is 5.77. The SMILES string of the molecule is COc1ccc([C@@](C)(O)[C@@H]2CCCN2C(=O)CCc2cnn(C)c2)cc1. The molecule has 2 atom stereocenters. The number of aryl methyl sites for hydroxylation is 2. The second kappa shape index (κ2) is 7.50. The topological polar surface area (TPSA) is 67.6 Å². The molecule has 26 heavy (non-hydrogen) atoms. The van der Waals surface area contributed by atoms with Crippen molar-refractivity contribution in [1.29, 1.82) is 0 Å². The summed E-state index contributed by atoms with van der Waals surface area (Å²) in [6.45, 7) is 2.50. The van der Waals surface area contributed by atoms with Gasteiger partial charge in [-0.1, -0.05) is 12.1 Å². The van der Waals surface area contributed by atoms with Crippen molar-refractivity contribution in [3.63, 3.8) is 0 Å². The standard InChI is InChI=1S/C20H27N3O3/c1-20(25,16-7-9-17(26-3)10-8-16)18-5-4-12-23(18)19(24)11-6-15-13-21-22(2)14-15/h7-10,13-14,18,25H,4-6,11-12H2,1-3H3/t18-,20+/m0/s1. The number of carbonyl (C=O) groups excluding carboxylic acids is 1. The van der Waals surface area contributed by atoms with Gasteiger partial charge in [0.05, 0.1) is 19.3 Å². The first-order valence-electron chi connectivity index (χ1n) is 9.05. The van der Waals surface area contributed by atoms with Gasteiger partial charge >= 0.3 is 0 Å². The summed E-state index contributed by atoms with van der Waals surface area (Å²) in [7, 11) is 3.49. The quantitative estimate of drug-likeness (QED) is 0.861. The van der Waals surface area contributed by atoms with Crippen LogP contribution >= 0.6 is 0 Å². The fourth-order valence-corrected chi connectivity index (χ4v) is 3.77. The van der Waals surface area contributed by atoms with E-state index in [2.05, 4.69) is 5.10 Å². The Morgan fingerprint density at radius 3 is 2.73 bits per heavy atom. The summed E-state index contributed by atoms with van der Waals surface area (Å²) in [4.78, 5) is 14.6. The summed E-state index contributed by atoms with van der Waals surface area (Å²) in [5, 5.41) is 15.4. The minimum Gasteiger partial charge on any atom is -0.497 e. The van der Waals surface area contributed by atoms with Gasteiger partial charge in [0, 0.05) is 26.2 Å². The lowest BCUT2D eigenvalue weighted by atomic mass is 9.86. The van der Waals surface area contributed by atoms with Crippen molar-refractivity contribution in [2.45, 2.75) is 44.2 Å². The summed E-state index contributed by atoms with van der Waals surface area (Å²) in [6.07, 6.45) is 6.54. The normalized spacial score (nSPS) is 19.4. The maximum absolute atomic E-state index is 12.8. The number of methoxy groups -OCH3 is 1. The van der Waals surface area contributed by atoms with E-state index in [4.69, 9.17) is 4.74 Å². The van der Waals surface area contributed by atoms with Gasteiger partial charge in [0.1, 0.15) is 11.4 Å². The zero-order chi connectivity index (χ0) is 18.7. The van der Waals surface area contributed by atoms with E-state index in [1.54, 1.807) is 24.9 Å². The van der Waals surface area contributed by atoms with E-state index in [0.717, 1.165) is 29.7 Å². The van der Waals surface area contributed by atoms with Crippen LogP contribution in [0.15, 0.2) is 36.7 Å². The van der Waals surface area contributed by atoms with Gasteiger partial charge in [0.15, 0.2) is 0 Å². The van der Waals surface area contributed by atoms with Crippen LogP contribution < -0.4 is 4.74 Å². The molecule has 0 bridgehead atoms. The van der Waals surface area contributed by atoms with Crippen LogP contribution in [0.5, 0.6) is 5.75 Å². The van der Waals surface area contributed by atoms with Gasteiger partial charge in [-0.25, -0.2) is 0 Å². The molecule has 6 heteroatoms. The molecule has 1 aromatic heterocycles. The van der Waals surface area contributed by atoms with E-state index < -0.39 is 5.60 Å². The molecule has 0 saturated carbocycles. The van der Waals surface area contributed by atoms with Crippen molar-refractivity contribution in [2.75, 3.05) is 13.7 Å². The Morgan fingerprint density at radius 2 is 2.12 bits per heavy atom. The molecule has 1 amide bonds. The van der Waals surface area contributed by atoms with E-state index in [1.165, 1.54) is 0 Å². The molecule has 1 aromatic carbocycles. The molecule has 1 fully saturated rings. The summed E-state index contributed by atoms with van der Waals surface area (Å²) in [6, 6.07) is 7.21. The molecule has 2 heterocycles. The number of amides is 1. The van der Waals surface area contributed by atoms with Gasteiger partial charge in [0.2, 0.25) is 5.91 Å². The van der Waals surface area contributed by atoms with Gasteiger partial charge in [0.25, 0.3) is 0 Å². The van der Waals surface area contributed by atoms with Gasteiger partial charge in [-0.05, 0) is 49.4 Å². The maximum atomic E-state index is 12.8. The fourth-order valence-electron chi connectivity index (χ4n) is 3.77. The van der Waals surface area contributed by atoms with Crippen LogP contribution in [-0.2, 0) is 23.9 Å². The number of hydrogen-bond donors (Lipinski definition) is 1.